The number of H-pyrrole nitrogens is 1. The van der Waals surface area contributed by atoms with Crippen LogP contribution in [0.3, 0.4) is 0 Å². The molecule has 1 aliphatic carbocycles. The molecular formula is C17H20N2O2. The van der Waals surface area contributed by atoms with E-state index in [1.54, 1.807) is 0 Å². The number of aryl methyl sites for hydroxylation is 2. The Bertz CT molecular complexity index is 739. The van der Waals surface area contributed by atoms with Gasteiger partial charge in [0.1, 0.15) is 5.56 Å². The maximum atomic E-state index is 12.6. The average Bonchev–Trinajstić information content (AvgIpc) is 2.87. The molecule has 4 nitrogen and oxygen atoms in total. The molecule has 0 saturated heterocycles. The van der Waals surface area contributed by atoms with Gasteiger partial charge in [-0.3, -0.25) is 14.3 Å². The lowest BCUT2D eigenvalue weighted by Crippen LogP contribution is -2.21. The van der Waals surface area contributed by atoms with E-state index in [-0.39, 0.29) is 16.9 Å². The number of carbonyl (C=O) groups is 1. The van der Waals surface area contributed by atoms with Crippen LogP contribution in [0.25, 0.3) is 0 Å². The first-order chi connectivity index (χ1) is 10.1. The van der Waals surface area contributed by atoms with Crippen LogP contribution in [-0.2, 0) is 13.0 Å². The van der Waals surface area contributed by atoms with Crippen LogP contribution in [0.15, 0.2) is 29.2 Å². The van der Waals surface area contributed by atoms with E-state index in [1.165, 1.54) is 28.4 Å². The number of nitrogens with one attached hydrogen (secondary N) is 1. The van der Waals surface area contributed by atoms with Crippen LogP contribution in [0.5, 0.6) is 0 Å². The van der Waals surface area contributed by atoms with Crippen LogP contribution < -0.4 is 5.56 Å². The number of carbonyl (C=O) groups excluding carboxylic acids is 1. The van der Waals surface area contributed by atoms with Crippen molar-refractivity contribution < 1.29 is 4.79 Å². The summed E-state index contributed by atoms with van der Waals surface area (Å²) in [7, 11) is 0. The quantitative estimate of drug-likeness (QED) is 0.881. The monoisotopic (exact) mass is 284 g/mol. The molecule has 1 heterocycles. The molecule has 4 heteroatoms. The van der Waals surface area contributed by atoms with Crippen molar-refractivity contribution >= 4 is 5.78 Å². The number of fused-ring (bicyclic) bond motifs is 1. The van der Waals surface area contributed by atoms with Gasteiger partial charge in [-0.1, -0.05) is 19.1 Å². The Morgan fingerprint density at radius 3 is 2.95 bits per heavy atom. The minimum absolute atomic E-state index is 0.191. The number of nitrogens with zero attached hydrogens (tertiary/aromatic N) is 1. The van der Waals surface area contributed by atoms with E-state index in [0.29, 0.717) is 18.0 Å². The summed E-state index contributed by atoms with van der Waals surface area (Å²) in [5.41, 5.74) is 3.19. The lowest BCUT2D eigenvalue weighted by atomic mass is 9.82. The largest absolute Gasteiger partial charge is 0.302 e. The molecule has 1 unspecified atom stereocenters. The Hall–Kier alpha value is -2.10. The first kappa shape index (κ1) is 13.9. The molecule has 0 radical (unpaired) electrons. The number of hydrogen-bond acceptors (Lipinski definition) is 2. The highest BCUT2D eigenvalue weighted by Gasteiger charge is 2.21. The second kappa shape index (κ2) is 5.35. The highest BCUT2D eigenvalue weighted by molar-refractivity contribution is 6.08. The van der Waals surface area contributed by atoms with Gasteiger partial charge in [-0.15, -0.1) is 0 Å². The van der Waals surface area contributed by atoms with E-state index < -0.39 is 0 Å². The third-order valence-electron chi connectivity index (χ3n) is 4.42. The number of aromatic amines is 1. The van der Waals surface area contributed by atoms with Crippen molar-refractivity contribution in [3.8, 4) is 0 Å². The lowest BCUT2D eigenvalue weighted by Gasteiger charge is -2.22. The van der Waals surface area contributed by atoms with Gasteiger partial charge in [0, 0.05) is 18.3 Å². The molecule has 1 aromatic carbocycles. The van der Waals surface area contributed by atoms with Crippen molar-refractivity contribution in [2.45, 2.75) is 45.6 Å². The zero-order valence-corrected chi connectivity index (χ0v) is 12.5. The fraction of sp³-hybridized carbons (Fsp3) is 0.412. The number of rotatable bonds is 3. The van der Waals surface area contributed by atoms with Crippen LogP contribution in [0.2, 0.25) is 0 Å². The molecule has 1 aromatic heterocycles. The van der Waals surface area contributed by atoms with Crippen LogP contribution >= 0.6 is 0 Å². The second-order valence-electron chi connectivity index (χ2n) is 5.77. The topological polar surface area (TPSA) is 54.9 Å². The van der Waals surface area contributed by atoms with E-state index in [1.807, 2.05) is 25.1 Å². The predicted octanol–water partition coefficient (Wildman–Crippen LogP) is 2.87. The predicted molar refractivity (Wildman–Crippen MR) is 82.0 cm³/mol. The van der Waals surface area contributed by atoms with Gasteiger partial charge in [-0.25, -0.2) is 0 Å². The summed E-state index contributed by atoms with van der Waals surface area (Å²) >= 11 is 0. The van der Waals surface area contributed by atoms with Gasteiger partial charge >= 0.3 is 0 Å². The average molecular weight is 284 g/mol. The van der Waals surface area contributed by atoms with E-state index in [4.69, 9.17) is 0 Å². The third-order valence-corrected chi connectivity index (χ3v) is 4.42. The fourth-order valence-corrected chi connectivity index (χ4v) is 3.14. The molecule has 110 valence electrons. The molecule has 1 aliphatic rings. The Morgan fingerprint density at radius 1 is 1.43 bits per heavy atom. The Labute approximate surface area is 123 Å². The Kier molecular flexibility index (Phi) is 3.53. The molecule has 0 amide bonds. The van der Waals surface area contributed by atoms with Gasteiger partial charge in [-0.05, 0) is 49.3 Å². The van der Waals surface area contributed by atoms with Gasteiger partial charge in [0.05, 0.1) is 0 Å². The Balaban J connectivity index is 2.00. The van der Waals surface area contributed by atoms with E-state index >= 15 is 0 Å². The van der Waals surface area contributed by atoms with Crippen molar-refractivity contribution in [2.24, 2.45) is 0 Å². The molecule has 21 heavy (non-hydrogen) atoms. The lowest BCUT2D eigenvalue weighted by molar-refractivity contribution is 0.103. The van der Waals surface area contributed by atoms with Gasteiger partial charge in [0.15, 0.2) is 5.78 Å². The summed E-state index contributed by atoms with van der Waals surface area (Å²) in [6, 6.07) is 5.87. The van der Waals surface area contributed by atoms with Crippen LogP contribution in [0.4, 0.5) is 0 Å². The van der Waals surface area contributed by atoms with Gasteiger partial charge < -0.3 is 5.10 Å². The van der Waals surface area contributed by atoms with Crippen molar-refractivity contribution in [1.29, 1.82) is 0 Å². The van der Waals surface area contributed by atoms with Crippen LogP contribution in [0.1, 0.15) is 59.7 Å². The van der Waals surface area contributed by atoms with Crippen molar-refractivity contribution in [3.05, 3.63) is 57.0 Å². The molecule has 0 saturated carbocycles. The summed E-state index contributed by atoms with van der Waals surface area (Å²) in [6.45, 7) is 4.60. The number of ketones is 1. The van der Waals surface area contributed by atoms with E-state index in [9.17, 15) is 9.59 Å². The molecular weight excluding hydrogens is 264 g/mol. The summed E-state index contributed by atoms with van der Waals surface area (Å²) < 4.78 is 1.44. The minimum atomic E-state index is -0.242. The molecule has 1 atom stereocenters. The standard InChI is InChI=1S/C17H20N2O2/c1-3-19-17(21)15(10-18-19)16(20)13-8-7-12-6-4-5-11(2)14(12)9-13/h7-11,18H,3-6H2,1-2H3. The zero-order valence-electron chi connectivity index (χ0n) is 12.5. The second-order valence-corrected chi connectivity index (χ2v) is 5.77. The molecule has 0 fully saturated rings. The molecule has 2 aromatic rings. The van der Waals surface area contributed by atoms with Crippen molar-refractivity contribution in [3.63, 3.8) is 0 Å². The van der Waals surface area contributed by atoms with Crippen LogP contribution in [-0.4, -0.2) is 15.6 Å². The number of hydrogen-bond donors (Lipinski definition) is 1. The van der Waals surface area contributed by atoms with Gasteiger partial charge in [0.2, 0.25) is 0 Å². The fourth-order valence-electron chi connectivity index (χ4n) is 3.14. The van der Waals surface area contributed by atoms with Crippen LogP contribution in [0, 0.1) is 0 Å². The van der Waals surface area contributed by atoms with Gasteiger partial charge in [-0.2, -0.15) is 0 Å². The van der Waals surface area contributed by atoms with E-state index in [2.05, 4.69) is 12.0 Å². The molecule has 0 bridgehead atoms. The van der Waals surface area contributed by atoms with Crippen molar-refractivity contribution in [1.82, 2.24) is 9.78 Å². The Morgan fingerprint density at radius 2 is 2.24 bits per heavy atom. The third kappa shape index (κ3) is 2.35. The summed E-state index contributed by atoms with van der Waals surface area (Å²) in [5, 5.41) is 2.83. The maximum absolute atomic E-state index is 12.6. The van der Waals surface area contributed by atoms with Gasteiger partial charge in [0.25, 0.3) is 5.56 Å². The number of benzene rings is 1. The minimum Gasteiger partial charge on any atom is -0.302 e. The summed E-state index contributed by atoms with van der Waals surface area (Å²) in [6.07, 6.45) is 4.97. The first-order valence-corrected chi connectivity index (χ1v) is 7.57. The smallest absolute Gasteiger partial charge is 0.277 e. The first-order valence-electron chi connectivity index (χ1n) is 7.57. The molecule has 0 aliphatic heterocycles. The van der Waals surface area contributed by atoms with Crippen molar-refractivity contribution in [2.75, 3.05) is 0 Å². The summed E-state index contributed by atoms with van der Waals surface area (Å²) in [5.74, 6) is 0.295. The summed E-state index contributed by atoms with van der Waals surface area (Å²) in [4.78, 5) is 24.6. The molecule has 0 spiro atoms. The number of aromatic nitrogens is 2. The molecule has 3 rings (SSSR count). The maximum Gasteiger partial charge on any atom is 0.277 e. The SMILES string of the molecule is CCn1[nH]cc(C(=O)c2ccc3c(c2)C(C)CCC3)c1=O. The normalized spacial score (nSPS) is 17.5. The van der Waals surface area contributed by atoms with E-state index in [0.717, 1.165) is 12.8 Å². The highest BCUT2D eigenvalue weighted by Crippen LogP contribution is 2.32. The molecule has 1 N–H and O–H groups in total. The zero-order chi connectivity index (χ0) is 15.0. The highest BCUT2D eigenvalue weighted by atomic mass is 16.2.